The summed E-state index contributed by atoms with van der Waals surface area (Å²) in [6, 6.07) is 23.2. The monoisotopic (exact) mass is 507 g/mol. The molecule has 0 aromatic heterocycles. The van der Waals surface area contributed by atoms with Crippen LogP contribution in [-0.4, -0.2) is 28.3 Å². The fourth-order valence-electron chi connectivity index (χ4n) is 3.25. The molecule has 0 spiro atoms. The number of carbonyl (C=O) groups is 2. The molecule has 0 bridgehead atoms. The second-order valence-corrected chi connectivity index (χ2v) is 8.21. The van der Waals surface area contributed by atoms with Crippen molar-refractivity contribution in [2.45, 2.75) is 25.1 Å². The number of alkyl halides is 3. The Labute approximate surface area is 203 Å². The molecule has 2 unspecified atom stereocenters. The summed E-state index contributed by atoms with van der Waals surface area (Å²) in [6.45, 7) is 0.665. The Morgan fingerprint density at radius 3 is 2.14 bits per heavy atom. The summed E-state index contributed by atoms with van der Waals surface area (Å²) >= 11 is 5.90. The smallest absolute Gasteiger partial charge is 0.481 e. The maximum Gasteiger partial charge on any atom is 0.490 e. The van der Waals surface area contributed by atoms with E-state index in [1.54, 1.807) is 12.1 Å². The first kappa shape index (κ1) is 25.9. The molecule has 0 saturated heterocycles. The van der Waals surface area contributed by atoms with E-state index < -0.39 is 18.1 Å². The summed E-state index contributed by atoms with van der Waals surface area (Å²) in [5.74, 6) is -2.01. The Kier molecular flexibility index (Phi) is 8.24. The number of halogens is 4. The number of ether oxygens (including phenoxy) is 1. The molecule has 0 amide bonds. The van der Waals surface area contributed by atoms with Gasteiger partial charge in [-0.3, -0.25) is 4.79 Å². The highest BCUT2D eigenvalue weighted by molar-refractivity contribution is 6.30. The van der Waals surface area contributed by atoms with Gasteiger partial charge in [-0.25, -0.2) is 4.79 Å². The molecule has 1 fully saturated rings. The minimum Gasteiger partial charge on any atom is -0.481 e. The van der Waals surface area contributed by atoms with Crippen molar-refractivity contribution in [3.8, 4) is 11.5 Å². The number of rotatable bonds is 7. The molecule has 2 atom stereocenters. The van der Waals surface area contributed by atoms with Gasteiger partial charge in [-0.05, 0) is 72.0 Å². The van der Waals surface area contributed by atoms with Crippen molar-refractivity contribution < 1.29 is 37.7 Å². The van der Waals surface area contributed by atoms with E-state index in [-0.39, 0.29) is 11.8 Å². The quantitative estimate of drug-likeness (QED) is 0.335. The van der Waals surface area contributed by atoms with Gasteiger partial charge < -0.3 is 20.3 Å². The maximum absolute atomic E-state index is 11.0. The van der Waals surface area contributed by atoms with Gasteiger partial charge >= 0.3 is 18.1 Å². The molecule has 184 valence electrons. The second-order valence-electron chi connectivity index (χ2n) is 7.77. The first-order chi connectivity index (χ1) is 16.5. The lowest BCUT2D eigenvalue weighted by molar-refractivity contribution is -0.192. The molecule has 0 heterocycles. The van der Waals surface area contributed by atoms with E-state index in [0.717, 1.165) is 34.7 Å². The van der Waals surface area contributed by atoms with Gasteiger partial charge in [0.2, 0.25) is 0 Å². The van der Waals surface area contributed by atoms with Gasteiger partial charge in [0.15, 0.2) is 0 Å². The van der Waals surface area contributed by atoms with Crippen molar-refractivity contribution in [3.63, 3.8) is 0 Å². The number of nitrogens with one attached hydrogen (secondary N) is 1. The van der Waals surface area contributed by atoms with Crippen LogP contribution in [0.4, 0.5) is 18.9 Å². The average Bonchev–Trinajstić information content (AvgIpc) is 3.61. The van der Waals surface area contributed by atoms with E-state index in [4.69, 9.17) is 31.3 Å². The number of aliphatic carboxylic acids is 2. The Bertz CT molecular complexity index is 1170. The number of hydrogen-bond acceptors (Lipinski definition) is 4. The van der Waals surface area contributed by atoms with Crippen LogP contribution in [0.25, 0.3) is 0 Å². The number of hydrogen-bond donors (Lipinski definition) is 3. The van der Waals surface area contributed by atoms with E-state index in [1.165, 1.54) is 0 Å². The van der Waals surface area contributed by atoms with Gasteiger partial charge in [0.05, 0.1) is 5.92 Å². The molecule has 35 heavy (non-hydrogen) atoms. The lowest BCUT2D eigenvalue weighted by Crippen LogP contribution is -2.21. The summed E-state index contributed by atoms with van der Waals surface area (Å²) in [5.41, 5.74) is 3.19. The number of carboxylic acids is 2. The van der Waals surface area contributed by atoms with Crippen LogP contribution in [0.2, 0.25) is 5.02 Å². The van der Waals surface area contributed by atoms with Crippen LogP contribution in [0.15, 0.2) is 72.8 Å². The Morgan fingerprint density at radius 2 is 1.60 bits per heavy atom. The molecule has 1 saturated carbocycles. The van der Waals surface area contributed by atoms with Gasteiger partial charge in [-0.2, -0.15) is 13.2 Å². The van der Waals surface area contributed by atoms with Gasteiger partial charge in [-0.15, -0.1) is 0 Å². The molecule has 3 N–H and O–H groups in total. The van der Waals surface area contributed by atoms with E-state index in [2.05, 4.69) is 5.32 Å². The van der Waals surface area contributed by atoms with Gasteiger partial charge in [0.25, 0.3) is 0 Å². The molecular weight excluding hydrogens is 487 g/mol. The van der Waals surface area contributed by atoms with Crippen LogP contribution in [0.1, 0.15) is 23.5 Å². The SMILES string of the molecule is O=C(O)C(F)(F)F.O=C(O)C1CC1c1ccc(NCc2cccc(Oc3ccc(Cl)cc3)c2)cc1. The zero-order valence-corrected chi connectivity index (χ0v) is 18.9. The topological polar surface area (TPSA) is 95.9 Å². The summed E-state index contributed by atoms with van der Waals surface area (Å²) < 4.78 is 37.6. The molecule has 0 aliphatic heterocycles. The lowest BCUT2D eigenvalue weighted by Gasteiger charge is -2.10. The van der Waals surface area contributed by atoms with E-state index >= 15 is 0 Å². The molecule has 3 aromatic carbocycles. The Morgan fingerprint density at radius 1 is 0.971 bits per heavy atom. The third-order valence-corrected chi connectivity index (χ3v) is 5.39. The highest BCUT2D eigenvalue weighted by atomic mass is 35.5. The zero-order chi connectivity index (χ0) is 25.6. The normalized spacial score (nSPS) is 16.5. The molecule has 6 nitrogen and oxygen atoms in total. The largest absolute Gasteiger partial charge is 0.490 e. The minimum atomic E-state index is -5.08. The van der Waals surface area contributed by atoms with E-state index in [1.807, 2.05) is 60.7 Å². The van der Waals surface area contributed by atoms with Crippen molar-refractivity contribution in [2.75, 3.05) is 5.32 Å². The van der Waals surface area contributed by atoms with Gasteiger partial charge in [0, 0.05) is 17.3 Å². The summed E-state index contributed by atoms with van der Waals surface area (Å²) in [5, 5.41) is 20.2. The molecule has 1 aliphatic carbocycles. The van der Waals surface area contributed by atoms with Crippen LogP contribution < -0.4 is 10.1 Å². The van der Waals surface area contributed by atoms with E-state index in [9.17, 15) is 18.0 Å². The maximum atomic E-state index is 11.0. The fourth-order valence-corrected chi connectivity index (χ4v) is 3.37. The number of carboxylic acid groups (broad SMARTS) is 2. The van der Waals surface area contributed by atoms with Crippen LogP contribution in [0.5, 0.6) is 11.5 Å². The van der Waals surface area contributed by atoms with Gasteiger partial charge in [0.1, 0.15) is 11.5 Å². The van der Waals surface area contributed by atoms with Crippen LogP contribution in [0, 0.1) is 5.92 Å². The van der Waals surface area contributed by atoms with Crippen molar-refractivity contribution in [1.29, 1.82) is 0 Å². The number of anilines is 1. The zero-order valence-electron chi connectivity index (χ0n) is 18.1. The van der Waals surface area contributed by atoms with Crippen molar-refractivity contribution in [1.82, 2.24) is 0 Å². The van der Waals surface area contributed by atoms with Crippen LogP contribution >= 0.6 is 11.6 Å². The van der Waals surface area contributed by atoms with Crippen LogP contribution in [-0.2, 0) is 16.1 Å². The summed E-state index contributed by atoms with van der Waals surface area (Å²) in [4.78, 5) is 19.9. The van der Waals surface area contributed by atoms with Crippen molar-refractivity contribution >= 4 is 29.2 Å². The van der Waals surface area contributed by atoms with Crippen molar-refractivity contribution in [3.05, 3.63) is 88.9 Å². The molecule has 4 rings (SSSR count). The third-order valence-electron chi connectivity index (χ3n) is 5.13. The minimum absolute atomic E-state index is 0.160. The standard InChI is InChI=1S/C23H20ClNO3.C2HF3O2/c24-17-6-10-19(11-7-17)28-20-3-1-2-15(12-20)14-25-18-8-4-16(5-9-18)21-13-22(21)23(26)27;3-2(4,5)1(6)7/h1-12,21-22,25H,13-14H2,(H,26,27);(H,6,7). The first-order valence-corrected chi connectivity index (χ1v) is 10.8. The average molecular weight is 508 g/mol. The van der Waals surface area contributed by atoms with E-state index in [0.29, 0.717) is 11.6 Å². The molecule has 3 aromatic rings. The predicted molar refractivity (Wildman–Crippen MR) is 124 cm³/mol. The highest BCUT2D eigenvalue weighted by Crippen LogP contribution is 2.47. The van der Waals surface area contributed by atoms with Gasteiger partial charge in [-0.1, -0.05) is 35.9 Å². The number of benzene rings is 3. The molecule has 10 heteroatoms. The summed E-state index contributed by atoms with van der Waals surface area (Å²) in [6.07, 6.45) is -4.34. The predicted octanol–water partition coefficient (Wildman–Crippen LogP) is 6.57. The second kappa shape index (κ2) is 11.1. The summed E-state index contributed by atoms with van der Waals surface area (Å²) in [7, 11) is 0. The van der Waals surface area contributed by atoms with Crippen LogP contribution in [0.3, 0.4) is 0 Å². The third kappa shape index (κ3) is 7.92. The molecule has 0 radical (unpaired) electrons. The Balaban J connectivity index is 0.000000429. The van der Waals surface area contributed by atoms with Crippen molar-refractivity contribution in [2.24, 2.45) is 5.92 Å². The molecular formula is C25H21ClF3NO5. The highest BCUT2D eigenvalue weighted by Gasteiger charge is 2.44. The Hall–Kier alpha value is -3.72. The first-order valence-electron chi connectivity index (χ1n) is 10.4. The fraction of sp³-hybridized carbons (Fsp3) is 0.200. The molecule has 1 aliphatic rings. The lowest BCUT2D eigenvalue weighted by atomic mass is 10.1.